The molecule has 94 valence electrons. The number of anilines is 1. The predicted molar refractivity (Wildman–Crippen MR) is 66.3 cm³/mol. The Labute approximate surface area is 104 Å². The van der Waals surface area contributed by atoms with Gasteiger partial charge in [0, 0.05) is 0 Å². The fraction of sp³-hybridized carbons (Fsp3) is 0.250. The van der Waals surface area contributed by atoms with E-state index >= 15 is 0 Å². The lowest BCUT2D eigenvalue weighted by molar-refractivity contribution is -0.118. The van der Waals surface area contributed by atoms with Crippen LogP contribution in [0.15, 0.2) is 30.6 Å². The van der Waals surface area contributed by atoms with Crippen molar-refractivity contribution in [1.29, 1.82) is 0 Å². The largest absolute Gasteiger partial charge is 0.484 e. The molecular formula is C12H14N4O2. The number of carbonyl (C=O) groups excluding carboxylic acids is 1. The van der Waals surface area contributed by atoms with E-state index < -0.39 is 0 Å². The van der Waals surface area contributed by atoms with Crippen LogP contribution < -0.4 is 10.1 Å². The first-order valence-corrected chi connectivity index (χ1v) is 5.65. The van der Waals surface area contributed by atoms with Gasteiger partial charge in [-0.25, -0.2) is 5.10 Å². The number of hydrogen-bond acceptors (Lipinski definition) is 4. The van der Waals surface area contributed by atoms with E-state index in [4.69, 9.17) is 4.74 Å². The highest BCUT2D eigenvalue weighted by molar-refractivity contribution is 5.90. The van der Waals surface area contributed by atoms with Gasteiger partial charge in [-0.1, -0.05) is 19.1 Å². The fourth-order valence-electron chi connectivity index (χ4n) is 1.44. The van der Waals surface area contributed by atoms with Crippen molar-refractivity contribution in [3.05, 3.63) is 36.2 Å². The van der Waals surface area contributed by atoms with Gasteiger partial charge in [-0.05, 0) is 24.1 Å². The smallest absolute Gasteiger partial charge is 0.264 e. The Kier molecular flexibility index (Phi) is 3.90. The summed E-state index contributed by atoms with van der Waals surface area (Å²) in [6.07, 6.45) is 2.25. The summed E-state index contributed by atoms with van der Waals surface area (Å²) in [5.74, 6) is 0.710. The summed E-state index contributed by atoms with van der Waals surface area (Å²) in [5.41, 5.74) is 1.17. The molecule has 0 aliphatic rings. The Balaban J connectivity index is 1.85. The highest BCUT2D eigenvalue weighted by Gasteiger charge is 2.05. The van der Waals surface area contributed by atoms with E-state index in [1.165, 1.54) is 11.9 Å². The van der Waals surface area contributed by atoms with E-state index in [9.17, 15) is 4.79 Å². The van der Waals surface area contributed by atoms with E-state index in [2.05, 4.69) is 27.4 Å². The molecule has 0 fully saturated rings. The Morgan fingerprint density at radius 3 is 3.11 bits per heavy atom. The normalized spacial score (nSPS) is 10.1. The van der Waals surface area contributed by atoms with Crippen molar-refractivity contribution in [3.8, 4) is 5.75 Å². The lowest BCUT2D eigenvalue weighted by atomic mass is 10.2. The highest BCUT2D eigenvalue weighted by Crippen LogP contribution is 2.13. The fourth-order valence-corrected chi connectivity index (χ4v) is 1.44. The molecule has 18 heavy (non-hydrogen) atoms. The van der Waals surface area contributed by atoms with Gasteiger partial charge in [-0.3, -0.25) is 10.1 Å². The zero-order valence-corrected chi connectivity index (χ0v) is 10.0. The molecule has 1 aromatic heterocycles. The number of aromatic nitrogens is 3. The van der Waals surface area contributed by atoms with E-state index in [0.29, 0.717) is 11.7 Å². The molecule has 1 aromatic carbocycles. The molecule has 6 heteroatoms. The Morgan fingerprint density at radius 2 is 2.39 bits per heavy atom. The van der Waals surface area contributed by atoms with Crippen LogP contribution in [-0.2, 0) is 11.2 Å². The zero-order valence-electron chi connectivity index (χ0n) is 10.0. The maximum Gasteiger partial charge on any atom is 0.264 e. The van der Waals surface area contributed by atoms with Crippen LogP contribution >= 0.6 is 0 Å². The van der Waals surface area contributed by atoms with Crippen LogP contribution in [0.2, 0.25) is 0 Å². The molecule has 0 saturated heterocycles. The number of aromatic amines is 1. The third-order valence-corrected chi connectivity index (χ3v) is 2.35. The number of benzene rings is 1. The Morgan fingerprint density at radius 1 is 1.50 bits per heavy atom. The van der Waals surface area contributed by atoms with Crippen molar-refractivity contribution < 1.29 is 9.53 Å². The average molecular weight is 246 g/mol. The number of nitrogens with one attached hydrogen (secondary N) is 2. The SMILES string of the molecule is CCc1cccc(OCC(=O)Nc2ncn[nH]2)c1. The number of rotatable bonds is 5. The van der Waals surface area contributed by atoms with Gasteiger partial charge in [-0.15, -0.1) is 0 Å². The molecule has 2 aromatic rings. The molecule has 0 radical (unpaired) electrons. The summed E-state index contributed by atoms with van der Waals surface area (Å²) in [6, 6.07) is 7.66. The Bertz CT molecular complexity index is 511. The van der Waals surface area contributed by atoms with Crippen LogP contribution in [0.5, 0.6) is 5.75 Å². The molecule has 0 aliphatic heterocycles. The number of aryl methyl sites for hydroxylation is 1. The molecule has 0 aliphatic carbocycles. The molecule has 2 rings (SSSR count). The van der Waals surface area contributed by atoms with Crippen LogP contribution in [0.3, 0.4) is 0 Å². The quantitative estimate of drug-likeness (QED) is 0.835. The summed E-state index contributed by atoms with van der Waals surface area (Å²) in [4.78, 5) is 15.3. The number of hydrogen-bond donors (Lipinski definition) is 2. The average Bonchev–Trinajstić information content (AvgIpc) is 2.89. The first-order valence-electron chi connectivity index (χ1n) is 5.65. The molecule has 1 amide bonds. The van der Waals surface area contributed by atoms with E-state index in [0.717, 1.165) is 6.42 Å². The van der Waals surface area contributed by atoms with Gasteiger partial charge in [0.25, 0.3) is 5.91 Å². The molecule has 0 unspecified atom stereocenters. The highest BCUT2D eigenvalue weighted by atomic mass is 16.5. The summed E-state index contributed by atoms with van der Waals surface area (Å²) in [6.45, 7) is 2.00. The molecular weight excluding hydrogens is 232 g/mol. The van der Waals surface area contributed by atoms with Crippen molar-refractivity contribution in [2.45, 2.75) is 13.3 Å². The minimum atomic E-state index is -0.284. The summed E-state index contributed by atoms with van der Waals surface area (Å²) >= 11 is 0. The van der Waals surface area contributed by atoms with Crippen LogP contribution in [0.4, 0.5) is 5.95 Å². The van der Waals surface area contributed by atoms with Gasteiger partial charge in [0.2, 0.25) is 5.95 Å². The minimum absolute atomic E-state index is 0.0616. The number of H-pyrrole nitrogens is 1. The standard InChI is InChI=1S/C12H14N4O2/c1-2-9-4-3-5-10(6-9)18-7-11(17)15-12-13-8-14-16-12/h3-6,8H,2,7H2,1H3,(H2,13,14,15,16,17). The summed E-state index contributed by atoms with van der Waals surface area (Å²) in [7, 11) is 0. The van der Waals surface area contributed by atoms with Crippen molar-refractivity contribution in [1.82, 2.24) is 15.2 Å². The van der Waals surface area contributed by atoms with Crippen molar-refractivity contribution in [2.75, 3.05) is 11.9 Å². The maximum atomic E-state index is 11.5. The minimum Gasteiger partial charge on any atom is -0.484 e. The van der Waals surface area contributed by atoms with Crippen LogP contribution in [0.1, 0.15) is 12.5 Å². The zero-order chi connectivity index (χ0) is 12.8. The molecule has 0 atom stereocenters. The topological polar surface area (TPSA) is 79.9 Å². The Hall–Kier alpha value is -2.37. The van der Waals surface area contributed by atoms with E-state index in [1.54, 1.807) is 0 Å². The van der Waals surface area contributed by atoms with Crippen molar-refractivity contribution in [3.63, 3.8) is 0 Å². The van der Waals surface area contributed by atoms with Gasteiger partial charge in [-0.2, -0.15) is 10.1 Å². The number of amides is 1. The second kappa shape index (κ2) is 5.81. The van der Waals surface area contributed by atoms with E-state index in [-0.39, 0.29) is 12.5 Å². The van der Waals surface area contributed by atoms with Crippen LogP contribution in [0.25, 0.3) is 0 Å². The monoisotopic (exact) mass is 246 g/mol. The molecule has 0 saturated carbocycles. The lowest BCUT2D eigenvalue weighted by Gasteiger charge is -2.06. The first kappa shape index (κ1) is 12.1. The molecule has 1 heterocycles. The third-order valence-electron chi connectivity index (χ3n) is 2.35. The van der Waals surface area contributed by atoms with Crippen LogP contribution in [-0.4, -0.2) is 27.7 Å². The van der Waals surface area contributed by atoms with Gasteiger partial charge in [0.05, 0.1) is 0 Å². The third kappa shape index (κ3) is 3.31. The first-order chi connectivity index (χ1) is 8.78. The van der Waals surface area contributed by atoms with Crippen LogP contribution in [0, 0.1) is 0 Å². The van der Waals surface area contributed by atoms with E-state index in [1.807, 2.05) is 24.3 Å². The molecule has 0 bridgehead atoms. The van der Waals surface area contributed by atoms with Gasteiger partial charge >= 0.3 is 0 Å². The van der Waals surface area contributed by atoms with Crippen molar-refractivity contribution in [2.24, 2.45) is 0 Å². The second-order valence-corrected chi connectivity index (χ2v) is 3.67. The number of carbonyl (C=O) groups is 1. The number of ether oxygens (including phenoxy) is 1. The van der Waals surface area contributed by atoms with Gasteiger partial charge < -0.3 is 4.74 Å². The molecule has 0 spiro atoms. The molecule has 6 nitrogen and oxygen atoms in total. The predicted octanol–water partition coefficient (Wildman–Crippen LogP) is 1.38. The summed E-state index contributed by atoms with van der Waals surface area (Å²) < 4.78 is 5.38. The van der Waals surface area contributed by atoms with Crippen molar-refractivity contribution >= 4 is 11.9 Å². The number of nitrogens with zero attached hydrogens (tertiary/aromatic N) is 2. The lowest BCUT2D eigenvalue weighted by Crippen LogP contribution is -2.20. The maximum absolute atomic E-state index is 11.5. The summed E-state index contributed by atoms with van der Waals surface area (Å²) in [5, 5.41) is 8.69. The second-order valence-electron chi connectivity index (χ2n) is 3.67. The molecule has 2 N–H and O–H groups in total. The van der Waals surface area contributed by atoms with Gasteiger partial charge in [0.15, 0.2) is 6.61 Å². The van der Waals surface area contributed by atoms with Gasteiger partial charge in [0.1, 0.15) is 12.1 Å².